The standard InChI is InChI=1S/C10H18N2O/c1-2-10(13)7-12-5-8-3-11-4-9(8)6-12/h10-11,13H,2-7H2,1H3/t10-/m1/s1. The molecule has 2 N–H and O–H groups in total. The number of aliphatic hydroxyl groups excluding tert-OH is 1. The van der Waals surface area contributed by atoms with E-state index in [1.165, 1.54) is 0 Å². The van der Waals surface area contributed by atoms with Crippen LogP contribution < -0.4 is 5.32 Å². The number of nitrogens with one attached hydrogen (secondary N) is 1. The van der Waals surface area contributed by atoms with Crippen LogP contribution in [0.2, 0.25) is 0 Å². The van der Waals surface area contributed by atoms with E-state index in [4.69, 9.17) is 0 Å². The van der Waals surface area contributed by atoms with Gasteiger partial charge in [0.05, 0.1) is 6.10 Å². The van der Waals surface area contributed by atoms with Gasteiger partial charge in [0.15, 0.2) is 0 Å². The SMILES string of the molecule is CC[C@@H](O)CN1CC2=C(CNC2)C1. The molecule has 0 saturated carbocycles. The number of rotatable bonds is 3. The predicted molar refractivity (Wildman–Crippen MR) is 52.6 cm³/mol. The lowest BCUT2D eigenvalue weighted by Gasteiger charge is -2.20. The summed E-state index contributed by atoms with van der Waals surface area (Å²) >= 11 is 0. The van der Waals surface area contributed by atoms with Crippen LogP contribution in [-0.4, -0.2) is 48.8 Å². The van der Waals surface area contributed by atoms with Crippen molar-refractivity contribution < 1.29 is 5.11 Å². The first-order valence-electron chi connectivity index (χ1n) is 5.10. The van der Waals surface area contributed by atoms with E-state index in [-0.39, 0.29) is 6.10 Å². The lowest BCUT2D eigenvalue weighted by Crippen LogP contribution is -2.33. The summed E-state index contributed by atoms with van der Waals surface area (Å²) in [5.74, 6) is 0. The number of β-amino-alcohol motifs (C(OH)–C–C–N with tert-alkyl or cyclic N) is 1. The van der Waals surface area contributed by atoms with Gasteiger partial charge < -0.3 is 10.4 Å². The Hall–Kier alpha value is -0.380. The average molecular weight is 182 g/mol. The molecule has 2 heterocycles. The van der Waals surface area contributed by atoms with E-state index in [1.54, 1.807) is 11.1 Å². The highest BCUT2D eigenvalue weighted by atomic mass is 16.3. The molecule has 13 heavy (non-hydrogen) atoms. The normalized spacial score (nSPS) is 25.4. The van der Waals surface area contributed by atoms with Crippen LogP contribution in [0.4, 0.5) is 0 Å². The molecular formula is C10H18N2O. The third kappa shape index (κ3) is 1.93. The van der Waals surface area contributed by atoms with Crippen molar-refractivity contribution in [1.29, 1.82) is 0 Å². The van der Waals surface area contributed by atoms with Gasteiger partial charge >= 0.3 is 0 Å². The number of nitrogens with zero attached hydrogens (tertiary/aromatic N) is 1. The fourth-order valence-electron chi connectivity index (χ4n) is 2.10. The van der Waals surface area contributed by atoms with Gasteiger partial charge in [0.1, 0.15) is 0 Å². The molecule has 0 aromatic rings. The first kappa shape index (κ1) is 9.19. The van der Waals surface area contributed by atoms with E-state index < -0.39 is 0 Å². The fourth-order valence-corrected chi connectivity index (χ4v) is 2.10. The molecule has 0 unspecified atom stereocenters. The van der Waals surface area contributed by atoms with Gasteiger partial charge in [-0.1, -0.05) is 6.92 Å². The summed E-state index contributed by atoms with van der Waals surface area (Å²) in [5, 5.41) is 12.9. The second-order valence-electron chi connectivity index (χ2n) is 4.04. The number of hydrogen-bond acceptors (Lipinski definition) is 3. The second kappa shape index (κ2) is 3.78. The molecule has 2 aliphatic rings. The minimum absolute atomic E-state index is 0.145. The molecule has 3 nitrogen and oxygen atoms in total. The zero-order valence-corrected chi connectivity index (χ0v) is 8.21. The van der Waals surface area contributed by atoms with Gasteiger partial charge in [-0.3, -0.25) is 4.90 Å². The first-order valence-corrected chi connectivity index (χ1v) is 5.10. The summed E-state index contributed by atoms with van der Waals surface area (Å²) in [6.45, 7) is 7.13. The molecule has 3 heteroatoms. The van der Waals surface area contributed by atoms with Crippen LogP contribution in [0, 0.1) is 0 Å². The summed E-state index contributed by atoms with van der Waals surface area (Å²) < 4.78 is 0. The fraction of sp³-hybridized carbons (Fsp3) is 0.800. The largest absolute Gasteiger partial charge is 0.392 e. The van der Waals surface area contributed by atoms with Gasteiger partial charge in [0, 0.05) is 32.7 Å². The second-order valence-corrected chi connectivity index (χ2v) is 4.04. The maximum Gasteiger partial charge on any atom is 0.0664 e. The third-order valence-corrected chi connectivity index (χ3v) is 2.95. The summed E-state index contributed by atoms with van der Waals surface area (Å²) in [6.07, 6.45) is 0.715. The van der Waals surface area contributed by atoms with E-state index >= 15 is 0 Å². The molecule has 0 radical (unpaired) electrons. The first-order chi connectivity index (χ1) is 6.29. The van der Waals surface area contributed by atoms with Crippen LogP contribution in [-0.2, 0) is 0 Å². The number of aliphatic hydroxyl groups is 1. The van der Waals surface area contributed by atoms with E-state index in [1.807, 2.05) is 6.92 Å². The van der Waals surface area contributed by atoms with Crippen LogP contribution in [0.5, 0.6) is 0 Å². The Balaban J connectivity index is 1.82. The Morgan fingerprint density at radius 3 is 2.54 bits per heavy atom. The van der Waals surface area contributed by atoms with Crippen molar-refractivity contribution in [2.75, 3.05) is 32.7 Å². The minimum Gasteiger partial charge on any atom is -0.392 e. The Bertz CT molecular complexity index is 209. The highest BCUT2D eigenvalue weighted by Gasteiger charge is 2.25. The lowest BCUT2D eigenvalue weighted by molar-refractivity contribution is 0.122. The molecule has 0 fully saturated rings. The highest BCUT2D eigenvalue weighted by Crippen LogP contribution is 2.20. The molecular weight excluding hydrogens is 164 g/mol. The Morgan fingerprint density at radius 2 is 2.00 bits per heavy atom. The predicted octanol–water partition coefficient (Wildman–Crippen LogP) is -0.0273. The van der Waals surface area contributed by atoms with Crippen molar-refractivity contribution in [3.8, 4) is 0 Å². The van der Waals surface area contributed by atoms with Crippen molar-refractivity contribution in [3.05, 3.63) is 11.1 Å². The van der Waals surface area contributed by atoms with Crippen molar-refractivity contribution in [3.63, 3.8) is 0 Å². The van der Waals surface area contributed by atoms with Crippen LogP contribution in [0.3, 0.4) is 0 Å². The molecule has 2 rings (SSSR count). The molecule has 2 aliphatic heterocycles. The third-order valence-electron chi connectivity index (χ3n) is 2.95. The maximum atomic E-state index is 9.51. The van der Waals surface area contributed by atoms with Gasteiger partial charge in [-0.05, 0) is 17.6 Å². The molecule has 0 aliphatic carbocycles. The average Bonchev–Trinajstić information content (AvgIpc) is 2.63. The Morgan fingerprint density at radius 1 is 1.38 bits per heavy atom. The quantitative estimate of drug-likeness (QED) is 0.602. The van der Waals surface area contributed by atoms with Gasteiger partial charge in [-0.15, -0.1) is 0 Å². The summed E-state index contributed by atoms with van der Waals surface area (Å²) in [5.41, 5.74) is 3.12. The molecule has 1 atom stereocenters. The van der Waals surface area contributed by atoms with Crippen LogP contribution >= 0.6 is 0 Å². The molecule has 0 aromatic heterocycles. The summed E-state index contributed by atoms with van der Waals surface area (Å²) in [7, 11) is 0. The van der Waals surface area contributed by atoms with E-state index in [0.29, 0.717) is 0 Å². The molecule has 0 spiro atoms. The summed E-state index contributed by atoms with van der Waals surface area (Å²) in [6, 6.07) is 0. The minimum atomic E-state index is -0.145. The lowest BCUT2D eigenvalue weighted by atomic mass is 10.2. The Labute approximate surface area is 79.4 Å². The van der Waals surface area contributed by atoms with Crippen LogP contribution in [0.15, 0.2) is 11.1 Å². The maximum absolute atomic E-state index is 9.51. The van der Waals surface area contributed by atoms with Gasteiger partial charge in [-0.25, -0.2) is 0 Å². The van der Waals surface area contributed by atoms with Crippen molar-refractivity contribution in [2.24, 2.45) is 0 Å². The smallest absolute Gasteiger partial charge is 0.0664 e. The van der Waals surface area contributed by atoms with E-state index in [9.17, 15) is 5.11 Å². The number of hydrogen-bond donors (Lipinski definition) is 2. The molecule has 0 bridgehead atoms. The van der Waals surface area contributed by atoms with Crippen LogP contribution in [0.1, 0.15) is 13.3 Å². The van der Waals surface area contributed by atoms with Crippen molar-refractivity contribution in [1.82, 2.24) is 10.2 Å². The molecule has 0 aromatic carbocycles. The molecule has 74 valence electrons. The van der Waals surface area contributed by atoms with E-state index in [2.05, 4.69) is 10.2 Å². The molecule has 0 amide bonds. The monoisotopic (exact) mass is 182 g/mol. The van der Waals surface area contributed by atoms with Crippen molar-refractivity contribution in [2.45, 2.75) is 19.4 Å². The van der Waals surface area contributed by atoms with Gasteiger partial charge in [-0.2, -0.15) is 0 Å². The van der Waals surface area contributed by atoms with Crippen LogP contribution in [0.25, 0.3) is 0 Å². The summed E-state index contributed by atoms with van der Waals surface area (Å²) in [4.78, 5) is 2.35. The zero-order valence-electron chi connectivity index (χ0n) is 8.21. The van der Waals surface area contributed by atoms with Gasteiger partial charge in [0.2, 0.25) is 0 Å². The van der Waals surface area contributed by atoms with E-state index in [0.717, 1.165) is 39.1 Å². The highest BCUT2D eigenvalue weighted by molar-refractivity contribution is 5.29. The topological polar surface area (TPSA) is 35.5 Å². The van der Waals surface area contributed by atoms with Gasteiger partial charge in [0.25, 0.3) is 0 Å². The van der Waals surface area contributed by atoms with Crippen molar-refractivity contribution >= 4 is 0 Å². The molecule has 0 saturated heterocycles. The Kier molecular flexibility index (Phi) is 2.67. The zero-order chi connectivity index (χ0) is 9.26.